The maximum atomic E-state index is 13.2. The van der Waals surface area contributed by atoms with Crippen molar-refractivity contribution in [3.63, 3.8) is 0 Å². The van der Waals surface area contributed by atoms with Crippen LogP contribution in [0.3, 0.4) is 0 Å². The van der Waals surface area contributed by atoms with Crippen molar-refractivity contribution in [3.8, 4) is 5.75 Å². The van der Waals surface area contributed by atoms with Crippen LogP contribution in [0.1, 0.15) is 37.8 Å². The van der Waals surface area contributed by atoms with Gasteiger partial charge in [0, 0.05) is 12.5 Å². The molecule has 2 aliphatic rings. The Hall–Kier alpha value is -2.86. The SMILES string of the molecule is C[C@@]1(O)CCN(C(=O)COc2ccccc2)[C@@H](c2ccccc2)[C@@H]1NC(=O)C1CC1. The molecule has 30 heavy (non-hydrogen) atoms. The summed E-state index contributed by atoms with van der Waals surface area (Å²) in [6, 6.07) is 17.7. The van der Waals surface area contributed by atoms with Gasteiger partial charge in [-0.05, 0) is 43.9 Å². The van der Waals surface area contributed by atoms with Crippen molar-refractivity contribution < 1.29 is 19.4 Å². The number of nitrogens with one attached hydrogen (secondary N) is 1. The summed E-state index contributed by atoms with van der Waals surface area (Å²) in [5.74, 6) is 0.430. The molecule has 1 saturated heterocycles. The molecule has 1 heterocycles. The first-order chi connectivity index (χ1) is 14.5. The quantitative estimate of drug-likeness (QED) is 0.770. The van der Waals surface area contributed by atoms with Gasteiger partial charge >= 0.3 is 0 Å². The normalized spacial score (nSPS) is 26.1. The summed E-state index contributed by atoms with van der Waals surface area (Å²) >= 11 is 0. The molecular weight excluding hydrogens is 380 g/mol. The van der Waals surface area contributed by atoms with Gasteiger partial charge in [0.15, 0.2) is 6.61 Å². The van der Waals surface area contributed by atoms with Crippen molar-refractivity contribution in [3.05, 3.63) is 66.2 Å². The van der Waals surface area contributed by atoms with Crippen LogP contribution in [0.2, 0.25) is 0 Å². The zero-order chi connectivity index (χ0) is 21.1. The van der Waals surface area contributed by atoms with Gasteiger partial charge < -0.3 is 20.1 Å². The average molecular weight is 408 g/mol. The van der Waals surface area contributed by atoms with Crippen LogP contribution in [0.25, 0.3) is 0 Å². The summed E-state index contributed by atoms with van der Waals surface area (Å²) in [5.41, 5.74) is -0.242. The van der Waals surface area contributed by atoms with Gasteiger partial charge in [0.1, 0.15) is 5.75 Å². The molecule has 2 aromatic carbocycles. The number of benzene rings is 2. The third-order valence-electron chi connectivity index (χ3n) is 5.99. The first-order valence-corrected chi connectivity index (χ1v) is 10.5. The summed E-state index contributed by atoms with van der Waals surface area (Å²) in [6.07, 6.45) is 2.14. The Kier molecular flexibility index (Phi) is 5.77. The van der Waals surface area contributed by atoms with E-state index in [1.807, 2.05) is 60.7 Å². The van der Waals surface area contributed by atoms with E-state index in [2.05, 4.69) is 5.32 Å². The third-order valence-corrected chi connectivity index (χ3v) is 5.99. The fourth-order valence-corrected chi connectivity index (χ4v) is 4.06. The number of hydrogen-bond donors (Lipinski definition) is 2. The number of aliphatic hydroxyl groups is 1. The number of ether oxygens (including phenoxy) is 1. The van der Waals surface area contributed by atoms with E-state index in [1.165, 1.54) is 0 Å². The minimum atomic E-state index is -1.12. The number of carbonyl (C=O) groups excluding carboxylic acids is 2. The first-order valence-electron chi connectivity index (χ1n) is 10.5. The fraction of sp³-hybridized carbons (Fsp3) is 0.417. The second-order valence-corrected chi connectivity index (χ2v) is 8.41. The summed E-state index contributed by atoms with van der Waals surface area (Å²) in [7, 11) is 0. The molecule has 158 valence electrons. The van der Waals surface area contributed by atoms with E-state index in [1.54, 1.807) is 11.8 Å². The van der Waals surface area contributed by atoms with Gasteiger partial charge in [-0.2, -0.15) is 0 Å². The molecule has 0 radical (unpaired) electrons. The van der Waals surface area contributed by atoms with E-state index in [0.717, 1.165) is 18.4 Å². The molecule has 0 bridgehead atoms. The van der Waals surface area contributed by atoms with Gasteiger partial charge in [-0.3, -0.25) is 9.59 Å². The predicted octanol–water partition coefficient (Wildman–Crippen LogP) is 2.68. The van der Waals surface area contributed by atoms with E-state index in [0.29, 0.717) is 18.7 Å². The van der Waals surface area contributed by atoms with Crippen LogP contribution in [0.4, 0.5) is 0 Å². The summed E-state index contributed by atoms with van der Waals surface area (Å²) < 4.78 is 5.68. The van der Waals surface area contributed by atoms with Gasteiger partial charge in [0.2, 0.25) is 5.91 Å². The van der Waals surface area contributed by atoms with Crippen molar-refractivity contribution in [2.45, 2.75) is 43.9 Å². The molecule has 2 N–H and O–H groups in total. The van der Waals surface area contributed by atoms with Crippen LogP contribution in [-0.2, 0) is 9.59 Å². The fourth-order valence-electron chi connectivity index (χ4n) is 4.06. The lowest BCUT2D eigenvalue weighted by Gasteiger charge is -2.49. The number of amides is 2. The van der Waals surface area contributed by atoms with Gasteiger partial charge in [-0.15, -0.1) is 0 Å². The molecule has 1 saturated carbocycles. The largest absolute Gasteiger partial charge is 0.484 e. The Balaban J connectivity index is 1.59. The van der Waals surface area contributed by atoms with E-state index >= 15 is 0 Å². The minimum Gasteiger partial charge on any atom is -0.484 e. The number of likely N-dealkylation sites (tertiary alicyclic amines) is 1. The molecular formula is C24H28N2O4. The number of carbonyl (C=O) groups is 2. The first kappa shape index (κ1) is 20.4. The highest BCUT2D eigenvalue weighted by molar-refractivity contribution is 5.82. The lowest BCUT2D eigenvalue weighted by atomic mass is 9.79. The maximum Gasteiger partial charge on any atom is 0.261 e. The van der Waals surface area contributed by atoms with Gasteiger partial charge in [-0.25, -0.2) is 0 Å². The smallest absolute Gasteiger partial charge is 0.261 e. The molecule has 4 rings (SSSR count). The van der Waals surface area contributed by atoms with Crippen LogP contribution in [-0.4, -0.2) is 46.6 Å². The molecule has 2 fully saturated rings. The van der Waals surface area contributed by atoms with Crippen molar-refractivity contribution in [2.75, 3.05) is 13.2 Å². The van der Waals surface area contributed by atoms with E-state index < -0.39 is 17.7 Å². The second kappa shape index (κ2) is 8.48. The number of hydrogen-bond acceptors (Lipinski definition) is 4. The Morgan fingerprint density at radius 2 is 1.73 bits per heavy atom. The van der Waals surface area contributed by atoms with Gasteiger partial charge in [0.05, 0.1) is 17.7 Å². The highest BCUT2D eigenvalue weighted by atomic mass is 16.5. The van der Waals surface area contributed by atoms with Crippen LogP contribution < -0.4 is 10.1 Å². The topological polar surface area (TPSA) is 78.9 Å². The molecule has 0 spiro atoms. The summed E-state index contributed by atoms with van der Waals surface area (Å²) in [5, 5.41) is 14.2. The van der Waals surface area contributed by atoms with Crippen molar-refractivity contribution in [2.24, 2.45) is 5.92 Å². The zero-order valence-electron chi connectivity index (χ0n) is 17.2. The minimum absolute atomic E-state index is 0.0183. The molecule has 1 aliphatic heterocycles. The van der Waals surface area contributed by atoms with Crippen molar-refractivity contribution in [1.82, 2.24) is 10.2 Å². The van der Waals surface area contributed by atoms with Gasteiger partial charge in [-0.1, -0.05) is 48.5 Å². The number of nitrogens with zero attached hydrogens (tertiary/aromatic N) is 1. The number of rotatable bonds is 6. The summed E-state index contributed by atoms with van der Waals surface area (Å²) in [4.78, 5) is 27.5. The second-order valence-electron chi connectivity index (χ2n) is 8.41. The molecule has 0 aromatic heterocycles. The molecule has 6 heteroatoms. The number of para-hydroxylation sites is 1. The lowest BCUT2D eigenvalue weighted by Crippen LogP contribution is -2.64. The Morgan fingerprint density at radius 3 is 2.37 bits per heavy atom. The lowest BCUT2D eigenvalue weighted by molar-refractivity contribution is -0.148. The Labute approximate surface area is 176 Å². The molecule has 3 atom stereocenters. The van der Waals surface area contributed by atoms with Crippen LogP contribution in [0.5, 0.6) is 5.75 Å². The predicted molar refractivity (Wildman–Crippen MR) is 113 cm³/mol. The third kappa shape index (κ3) is 4.49. The zero-order valence-corrected chi connectivity index (χ0v) is 17.2. The van der Waals surface area contributed by atoms with E-state index in [4.69, 9.17) is 4.74 Å². The van der Waals surface area contributed by atoms with Crippen LogP contribution >= 0.6 is 0 Å². The molecule has 2 aromatic rings. The molecule has 2 amide bonds. The van der Waals surface area contributed by atoms with Crippen LogP contribution in [0, 0.1) is 5.92 Å². The number of piperidine rings is 1. The standard InChI is InChI=1S/C24H28N2O4/c1-24(29)14-15-26(20(27)16-30-19-10-6-3-7-11-19)21(17-8-4-2-5-9-17)22(24)25-23(28)18-12-13-18/h2-11,18,21-22,29H,12-16H2,1H3,(H,25,28)/t21-,22-,24+/m0/s1. The van der Waals surface area contributed by atoms with Crippen LogP contribution in [0.15, 0.2) is 60.7 Å². The highest BCUT2D eigenvalue weighted by Gasteiger charge is 2.48. The summed E-state index contributed by atoms with van der Waals surface area (Å²) in [6.45, 7) is 2.03. The van der Waals surface area contributed by atoms with Crippen molar-refractivity contribution in [1.29, 1.82) is 0 Å². The molecule has 1 aliphatic carbocycles. The molecule has 0 unspecified atom stereocenters. The van der Waals surface area contributed by atoms with Crippen molar-refractivity contribution >= 4 is 11.8 Å². The average Bonchev–Trinajstić information content (AvgIpc) is 3.60. The van der Waals surface area contributed by atoms with E-state index in [9.17, 15) is 14.7 Å². The highest BCUT2D eigenvalue weighted by Crippen LogP contribution is 2.38. The maximum absolute atomic E-state index is 13.2. The Bertz CT molecular complexity index is 881. The van der Waals surface area contributed by atoms with Gasteiger partial charge in [0.25, 0.3) is 5.91 Å². The molecule has 6 nitrogen and oxygen atoms in total. The van der Waals surface area contributed by atoms with E-state index in [-0.39, 0.29) is 24.3 Å². The Morgan fingerprint density at radius 1 is 1.10 bits per heavy atom. The monoisotopic (exact) mass is 408 g/mol.